The normalized spacial score (nSPS) is 9.80. The molecule has 1 heterocycles. The Hall–Kier alpha value is -1.98. The molecule has 1 aromatic rings. The summed E-state index contributed by atoms with van der Waals surface area (Å²) in [5.41, 5.74) is 0.376. The summed E-state index contributed by atoms with van der Waals surface area (Å²) < 4.78 is 27.5. The van der Waals surface area contributed by atoms with Crippen molar-refractivity contribution in [1.29, 1.82) is 0 Å². The summed E-state index contributed by atoms with van der Waals surface area (Å²) in [6.45, 7) is 0.346. The van der Waals surface area contributed by atoms with Gasteiger partial charge in [0.1, 0.15) is 0 Å². The van der Waals surface area contributed by atoms with Gasteiger partial charge in [-0.1, -0.05) is 6.58 Å². The van der Waals surface area contributed by atoms with E-state index in [4.69, 9.17) is 0 Å². The van der Waals surface area contributed by atoms with Crippen molar-refractivity contribution in [3.05, 3.63) is 31.0 Å². The summed E-state index contributed by atoms with van der Waals surface area (Å²) >= 11 is 0. The highest BCUT2D eigenvalue weighted by molar-refractivity contribution is 5.98. The topological polar surface area (TPSA) is 51.2 Å². The summed E-state index contributed by atoms with van der Waals surface area (Å²) in [6, 6.07) is 2.62. The average Bonchev–Trinajstić information content (AvgIpc) is 2.20. The molecular formula is C9H8F2N2O2. The Kier molecular flexibility index (Phi) is 3.73. The van der Waals surface area contributed by atoms with Crippen LogP contribution in [0.5, 0.6) is 5.88 Å². The first kappa shape index (κ1) is 11.1. The number of pyridine rings is 1. The molecule has 6 heteroatoms. The molecular weight excluding hydrogens is 206 g/mol. The van der Waals surface area contributed by atoms with E-state index in [1.807, 2.05) is 0 Å². The van der Waals surface area contributed by atoms with Crippen LogP contribution in [0.15, 0.2) is 31.0 Å². The smallest absolute Gasteiger partial charge is 0.388 e. The maximum atomic E-state index is 11.7. The predicted octanol–water partition coefficient (Wildman–Crippen LogP) is 1.81. The lowest BCUT2D eigenvalue weighted by Gasteiger charge is -2.04. The van der Waals surface area contributed by atoms with E-state index in [9.17, 15) is 13.6 Å². The van der Waals surface area contributed by atoms with Crippen molar-refractivity contribution in [2.24, 2.45) is 0 Å². The van der Waals surface area contributed by atoms with Crippen molar-refractivity contribution in [2.75, 3.05) is 5.32 Å². The summed E-state index contributed by atoms with van der Waals surface area (Å²) in [6.07, 6.45) is 2.29. The molecule has 1 aromatic heterocycles. The van der Waals surface area contributed by atoms with Crippen LogP contribution in [0.1, 0.15) is 0 Å². The quantitative estimate of drug-likeness (QED) is 0.777. The van der Waals surface area contributed by atoms with E-state index in [0.717, 1.165) is 6.08 Å². The average molecular weight is 214 g/mol. The van der Waals surface area contributed by atoms with Gasteiger partial charge in [-0.25, -0.2) is 4.98 Å². The zero-order valence-electron chi connectivity index (χ0n) is 7.61. The van der Waals surface area contributed by atoms with E-state index in [1.54, 1.807) is 0 Å². The Labute approximate surface area is 84.6 Å². The van der Waals surface area contributed by atoms with Gasteiger partial charge in [0.15, 0.2) is 0 Å². The Bertz CT molecular complexity index is 352. The largest absolute Gasteiger partial charge is 0.417 e. The third kappa shape index (κ3) is 3.72. The fourth-order valence-corrected chi connectivity index (χ4v) is 0.809. The van der Waals surface area contributed by atoms with E-state index < -0.39 is 12.5 Å². The Morgan fingerprint density at radius 3 is 2.80 bits per heavy atom. The first-order valence-corrected chi connectivity index (χ1v) is 3.96. The number of halogens is 2. The molecule has 0 bridgehead atoms. The first-order chi connectivity index (χ1) is 7.11. The minimum atomic E-state index is -2.91. The van der Waals surface area contributed by atoms with Crippen molar-refractivity contribution in [1.82, 2.24) is 4.98 Å². The van der Waals surface area contributed by atoms with Crippen LogP contribution < -0.4 is 10.1 Å². The number of hydrogen-bond donors (Lipinski definition) is 1. The number of ether oxygens (including phenoxy) is 1. The number of amides is 1. The second-order valence-corrected chi connectivity index (χ2v) is 2.46. The number of aromatic nitrogens is 1. The molecule has 0 aromatic carbocycles. The van der Waals surface area contributed by atoms with Crippen LogP contribution >= 0.6 is 0 Å². The highest BCUT2D eigenvalue weighted by Crippen LogP contribution is 2.13. The molecule has 0 atom stereocenters. The van der Waals surface area contributed by atoms with Gasteiger partial charge >= 0.3 is 6.61 Å². The molecule has 0 aliphatic rings. The van der Waals surface area contributed by atoms with Crippen LogP contribution in [0.4, 0.5) is 14.5 Å². The van der Waals surface area contributed by atoms with Gasteiger partial charge in [-0.15, -0.1) is 0 Å². The zero-order valence-corrected chi connectivity index (χ0v) is 7.61. The molecule has 4 nitrogen and oxygen atoms in total. The third-order valence-electron chi connectivity index (χ3n) is 1.40. The lowest BCUT2D eigenvalue weighted by atomic mass is 10.4. The predicted molar refractivity (Wildman–Crippen MR) is 49.7 cm³/mol. The number of hydrogen-bond acceptors (Lipinski definition) is 3. The van der Waals surface area contributed by atoms with Crippen LogP contribution in [0.25, 0.3) is 0 Å². The number of nitrogens with zero attached hydrogens (tertiary/aromatic N) is 1. The molecule has 15 heavy (non-hydrogen) atoms. The Morgan fingerprint density at radius 2 is 2.33 bits per heavy atom. The van der Waals surface area contributed by atoms with Crippen LogP contribution in [-0.2, 0) is 4.79 Å². The van der Waals surface area contributed by atoms with Crippen LogP contribution in [0.3, 0.4) is 0 Å². The van der Waals surface area contributed by atoms with Gasteiger partial charge in [0.05, 0.1) is 11.9 Å². The number of rotatable bonds is 4. The molecule has 1 amide bonds. The molecule has 0 aliphatic heterocycles. The first-order valence-electron chi connectivity index (χ1n) is 3.96. The summed E-state index contributed by atoms with van der Waals surface area (Å²) in [5.74, 6) is -0.610. The third-order valence-corrected chi connectivity index (χ3v) is 1.40. The minimum absolute atomic E-state index is 0.207. The standard InChI is InChI=1S/C9H8F2N2O2/c1-2-7(14)13-6-3-4-8(12-5-6)15-9(10)11/h2-5,9H,1H2,(H,13,14). The summed E-state index contributed by atoms with van der Waals surface area (Å²) in [4.78, 5) is 14.4. The number of carbonyl (C=O) groups is 1. The van der Waals surface area contributed by atoms with Gasteiger partial charge in [-0.05, 0) is 12.1 Å². The highest BCUT2D eigenvalue weighted by Gasteiger charge is 2.05. The lowest BCUT2D eigenvalue weighted by Crippen LogP contribution is -2.08. The molecule has 1 rings (SSSR count). The maximum absolute atomic E-state index is 11.7. The van der Waals surface area contributed by atoms with Gasteiger partial charge in [-0.2, -0.15) is 8.78 Å². The highest BCUT2D eigenvalue weighted by atomic mass is 19.3. The van der Waals surface area contributed by atoms with Crippen LogP contribution in [0, 0.1) is 0 Å². The molecule has 0 aliphatic carbocycles. The van der Waals surface area contributed by atoms with Gasteiger partial charge < -0.3 is 10.1 Å². The minimum Gasteiger partial charge on any atom is -0.417 e. The zero-order chi connectivity index (χ0) is 11.3. The molecule has 0 radical (unpaired) electrons. The van der Waals surface area contributed by atoms with Crippen LogP contribution in [0.2, 0.25) is 0 Å². The molecule has 0 fully saturated rings. The van der Waals surface area contributed by atoms with Gasteiger partial charge in [0, 0.05) is 6.07 Å². The van der Waals surface area contributed by atoms with Crippen molar-refractivity contribution in [2.45, 2.75) is 6.61 Å². The fraction of sp³-hybridized carbons (Fsp3) is 0.111. The van der Waals surface area contributed by atoms with E-state index in [1.165, 1.54) is 18.3 Å². The molecule has 1 N–H and O–H groups in total. The number of nitrogens with one attached hydrogen (secondary N) is 1. The number of alkyl halides is 2. The van der Waals surface area contributed by atoms with Crippen molar-refractivity contribution >= 4 is 11.6 Å². The summed E-state index contributed by atoms with van der Waals surface area (Å²) in [5, 5.41) is 2.41. The Balaban J connectivity index is 2.63. The van der Waals surface area contributed by atoms with Gasteiger partial charge in [0.2, 0.25) is 11.8 Å². The molecule has 0 unspecified atom stereocenters. The number of anilines is 1. The van der Waals surface area contributed by atoms with Crippen LogP contribution in [-0.4, -0.2) is 17.5 Å². The second kappa shape index (κ2) is 5.04. The molecule has 0 saturated heterocycles. The van der Waals surface area contributed by atoms with Crippen molar-refractivity contribution in [3.8, 4) is 5.88 Å². The Morgan fingerprint density at radius 1 is 1.60 bits per heavy atom. The fourth-order valence-electron chi connectivity index (χ4n) is 0.809. The van der Waals surface area contributed by atoms with Gasteiger partial charge in [0.25, 0.3) is 0 Å². The van der Waals surface area contributed by atoms with Crippen molar-refractivity contribution in [3.63, 3.8) is 0 Å². The summed E-state index contributed by atoms with van der Waals surface area (Å²) in [7, 11) is 0. The monoisotopic (exact) mass is 214 g/mol. The van der Waals surface area contributed by atoms with E-state index in [-0.39, 0.29) is 5.88 Å². The van der Waals surface area contributed by atoms with E-state index >= 15 is 0 Å². The van der Waals surface area contributed by atoms with E-state index in [2.05, 4.69) is 21.6 Å². The lowest BCUT2D eigenvalue weighted by molar-refractivity contribution is -0.111. The molecule has 0 saturated carbocycles. The van der Waals surface area contributed by atoms with Crippen molar-refractivity contribution < 1.29 is 18.3 Å². The molecule has 0 spiro atoms. The SMILES string of the molecule is C=CC(=O)Nc1ccc(OC(F)F)nc1. The maximum Gasteiger partial charge on any atom is 0.388 e. The van der Waals surface area contributed by atoms with Gasteiger partial charge in [-0.3, -0.25) is 4.79 Å². The molecule has 80 valence electrons. The number of carbonyl (C=O) groups excluding carboxylic acids is 1. The van der Waals surface area contributed by atoms with E-state index in [0.29, 0.717) is 5.69 Å². The second-order valence-electron chi connectivity index (χ2n) is 2.46.